The lowest BCUT2D eigenvalue weighted by molar-refractivity contribution is 0.242. The molecule has 1 unspecified atom stereocenters. The van der Waals surface area contributed by atoms with Gasteiger partial charge < -0.3 is 15.2 Å². The first-order chi connectivity index (χ1) is 10.2. The van der Waals surface area contributed by atoms with Gasteiger partial charge in [0.1, 0.15) is 5.75 Å². The van der Waals surface area contributed by atoms with Crippen molar-refractivity contribution >= 4 is 0 Å². The first-order valence-corrected chi connectivity index (χ1v) is 7.98. The Morgan fingerprint density at radius 2 is 2.19 bits per heavy atom. The summed E-state index contributed by atoms with van der Waals surface area (Å²) < 4.78 is 5.60. The molecule has 0 bridgehead atoms. The Morgan fingerprint density at radius 3 is 2.90 bits per heavy atom. The van der Waals surface area contributed by atoms with Crippen molar-refractivity contribution in [1.82, 2.24) is 5.32 Å². The van der Waals surface area contributed by atoms with E-state index < -0.39 is 0 Å². The van der Waals surface area contributed by atoms with Crippen molar-refractivity contribution in [3.05, 3.63) is 41.5 Å². The second kappa shape index (κ2) is 6.20. The first kappa shape index (κ1) is 14.6. The Labute approximate surface area is 127 Å². The molecule has 114 valence electrons. The van der Waals surface area contributed by atoms with Gasteiger partial charge in [-0.3, -0.25) is 0 Å². The van der Waals surface area contributed by atoms with E-state index in [1.165, 1.54) is 11.1 Å². The maximum atomic E-state index is 9.26. The molecule has 1 aromatic carbocycles. The first-order valence-electron chi connectivity index (χ1n) is 7.98. The van der Waals surface area contributed by atoms with Crippen LogP contribution in [0.2, 0.25) is 0 Å². The molecule has 3 nitrogen and oxygen atoms in total. The van der Waals surface area contributed by atoms with Crippen LogP contribution in [0.3, 0.4) is 0 Å². The molecule has 1 aliphatic carbocycles. The van der Waals surface area contributed by atoms with E-state index in [1.54, 1.807) is 0 Å². The number of fused-ring (bicyclic) bond motifs is 1. The summed E-state index contributed by atoms with van der Waals surface area (Å²) in [5, 5.41) is 13.0. The summed E-state index contributed by atoms with van der Waals surface area (Å²) in [7, 11) is 0. The Balaban J connectivity index is 1.74. The molecule has 0 saturated carbocycles. The molecule has 3 rings (SSSR count). The van der Waals surface area contributed by atoms with Crippen LogP contribution in [0.25, 0.3) is 0 Å². The standard InChI is InChI=1S/C18H25NO2/c1-12(2)18(19-16-5-3-13(9-16)11-20)15-4-6-17-14(10-15)7-8-21-17/h3-6,10,12-13,16,18-20H,7-9,11H2,1-2H3/t13-,16+,18?/m0/s1. The summed E-state index contributed by atoms with van der Waals surface area (Å²) in [4.78, 5) is 0. The maximum absolute atomic E-state index is 9.26. The Morgan fingerprint density at radius 1 is 1.33 bits per heavy atom. The third-order valence-corrected chi connectivity index (χ3v) is 4.54. The van der Waals surface area contributed by atoms with Crippen LogP contribution < -0.4 is 10.1 Å². The van der Waals surface area contributed by atoms with Crippen molar-refractivity contribution in [2.45, 2.75) is 38.8 Å². The Kier molecular flexibility index (Phi) is 4.32. The van der Waals surface area contributed by atoms with Crippen LogP contribution in [0.5, 0.6) is 5.75 Å². The highest BCUT2D eigenvalue weighted by Gasteiger charge is 2.24. The van der Waals surface area contributed by atoms with E-state index in [4.69, 9.17) is 4.74 Å². The molecule has 0 fully saturated rings. The molecule has 0 saturated heterocycles. The minimum absolute atomic E-state index is 0.247. The van der Waals surface area contributed by atoms with Gasteiger partial charge in [0.05, 0.1) is 6.61 Å². The number of rotatable bonds is 5. The average Bonchev–Trinajstić information content (AvgIpc) is 3.12. The zero-order chi connectivity index (χ0) is 14.8. The third-order valence-electron chi connectivity index (χ3n) is 4.54. The van der Waals surface area contributed by atoms with E-state index in [1.807, 2.05) is 0 Å². The van der Waals surface area contributed by atoms with Gasteiger partial charge in [-0.2, -0.15) is 0 Å². The highest BCUT2D eigenvalue weighted by atomic mass is 16.5. The maximum Gasteiger partial charge on any atom is 0.122 e. The molecule has 1 heterocycles. The van der Waals surface area contributed by atoms with Crippen molar-refractivity contribution in [2.75, 3.05) is 13.2 Å². The second-order valence-corrected chi connectivity index (χ2v) is 6.52. The highest BCUT2D eigenvalue weighted by Crippen LogP contribution is 2.31. The number of ether oxygens (including phenoxy) is 1. The quantitative estimate of drug-likeness (QED) is 0.818. The molecule has 0 radical (unpaired) electrons. The summed E-state index contributed by atoms with van der Waals surface area (Å²) in [5.74, 6) is 1.87. The predicted molar refractivity (Wildman–Crippen MR) is 84.5 cm³/mol. The van der Waals surface area contributed by atoms with E-state index >= 15 is 0 Å². The molecular formula is C18H25NO2. The zero-order valence-electron chi connectivity index (χ0n) is 12.9. The highest BCUT2D eigenvalue weighted by molar-refractivity contribution is 5.41. The van der Waals surface area contributed by atoms with Crippen molar-refractivity contribution in [3.8, 4) is 5.75 Å². The summed E-state index contributed by atoms with van der Waals surface area (Å²) in [6.07, 6.45) is 6.34. The van der Waals surface area contributed by atoms with E-state index in [-0.39, 0.29) is 6.61 Å². The molecule has 0 spiro atoms. The second-order valence-electron chi connectivity index (χ2n) is 6.52. The fourth-order valence-corrected chi connectivity index (χ4v) is 3.34. The van der Waals surface area contributed by atoms with Crippen LogP contribution in [0.4, 0.5) is 0 Å². The predicted octanol–water partition coefficient (Wildman–Crippen LogP) is 2.85. The number of hydrogen-bond donors (Lipinski definition) is 2. The minimum Gasteiger partial charge on any atom is -0.493 e. The number of nitrogens with one attached hydrogen (secondary N) is 1. The van der Waals surface area contributed by atoms with Gasteiger partial charge in [0.15, 0.2) is 0 Å². The van der Waals surface area contributed by atoms with Gasteiger partial charge in [-0.05, 0) is 29.5 Å². The lowest BCUT2D eigenvalue weighted by atomic mass is 9.93. The fraction of sp³-hybridized carbons (Fsp3) is 0.556. The van der Waals surface area contributed by atoms with Crippen molar-refractivity contribution < 1.29 is 9.84 Å². The van der Waals surface area contributed by atoms with Gasteiger partial charge >= 0.3 is 0 Å². The van der Waals surface area contributed by atoms with Crippen LogP contribution in [-0.4, -0.2) is 24.4 Å². The molecule has 1 aromatic rings. The molecule has 0 aromatic heterocycles. The minimum atomic E-state index is 0.247. The molecule has 0 amide bonds. The molecule has 3 heteroatoms. The molecule has 3 atom stereocenters. The lowest BCUT2D eigenvalue weighted by Gasteiger charge is -2.27. The van der Waals surface area contributed by atoms with Crippen LogP contribution in [0.15, 0.2) is 30.4 Å². The molecule has 21 heavy (non-hydrogen) atoms. The fourth-order valence-electron chi connectivity index (χ4n) is 3.34. The lowest BCUT2D eigenvalue weighted by Crippen LogP contribution is -2.33. The summed E-state index contributed by atoms with van der Waals surface area (Å²) in [5.41, 5.74) is 2.67. The van der Waals surface area contributed by atoms with Crippen LogP contribution in [0.1, 0.15) is 37.4 Å². The topological polar surface area (TPSA) is 41.5 Å². The van der Waals surface area contributed by atoms with Gasteiger partial charge in [0, 0.05) is 31.0 Å². The Bertz CT molecular complexity index is 524. The Hall–Kier alpha value is -1.32. The zero-order valence-corrected chi connectivity index (χ0v) is 12.9. The van der Waals surface area contributed by atoms with Gasteiger partial charge in [0.2, 0.25) is 0 Å². The summed E-state index contributed by atoms with van der Waals surface area (Å²) in [6.45, 7) is 5.56. The van der Waals surface area contributed by atoms with E-state index in [9.17, 15) is 5.11 Å². The van der Waals surface area contributed by atoms with E-state index in [0.717, 1.165) is 25.2 Å². The van der Waals surface area contributed by atoms with Crippen LogP contribution in [-0.2, 0) is 6.42 Å². The monoisotopic (exact) mass is 287 g/mol. The number of hydrogen-bond acceptors (Lipinski definition) is 3. The van der Waals surface area contributed by atoms with Crippen molar-refractivity contribution in [3.63, 3.8) is 0 Å². The van der Waals surface area contributed by atoms with Crippen molar-refractivity contribution in [2.24, 2.45) is 11.8 Å². The molecule has 1 aliphatic heterocycles. The third kappa shape index (κ3) is 3.14. The van der Waals surface area contributed by atoms with Gasteiger partial charge in [0.25, 0.3) is 0 Å². The largest absolute Gasteiger partial charge is 0.493 e. The van der Waals surface area contributed by atoms with E-state index in [2.05, 4.69) is 49.5 Å². The summed E-state index contributed by atoms with van der Waals surface area (Å²) in [6, 6.07) is 7.28. The smallest absolute Gasteiger partial charge is 0.122 e. The van der Waals surface area contributed by atoms with Crippen LogP contribution >= 0.6 is 0 Å². The van der Waals surface area contributed by atoms with Gasteiger partial charge in [-0.1, -0.05) is 38.1 Å². The van der Waals surface area contributed by atoms with Gasteiger partial charge in [-0.15, -0.1) is 0 Å². The average molecular weight is 287 g/mol. The van der Waals surface area contributed by atoms with Crippen molar-refractivity contribution in [1.29, 1.82) is 0 Å². The van der Waals surface area contributed by atoms with E-state index in [0.29, 0.717) is 23.9 Å². The number of benzene rings is 1. The molecular weight excluding hydrogens is 262 g/mol. The number of aliphatic hydroxyl groups is 1. The van der Waals surface area contributed by atoms with Crippen LogP contribution in [0, 0.1) is 11.8 Å². The normalized spacial score (nSPS) is 25.1. The number of aliphatic hydroxyl groups excluding tert-OH is 1. The van der Waals surface area contributed by atoms with Gasteiger partial charge in [-0.25, -0.2) is 0 Å². The summed E-state index contributed by atoms with van der Waals surface area (Å²) >= 11 is 0. The molecule has 2 aliphatic rings. The molecule has 2 N–H and O–H groups in total. The SMILES string of the molecule is CC(C)C(N[C@@H]1C=C[C@H](CO)C1)c1ccc2c(c1)CCO2.